The number of benzene rings is 2. The highest BCUT2D eigenvalue weighted by Gasteiger charge is 2.56. The van der Waals surface area contributed by atoms with Crippen molar-refractivity contribution in [3.05, 3.63) is 74.8 Å². The quantitative estimate of drug-likeness (QED) is 0.681. The first kappa shape index (κ1) is 16.3. The molecule has 0 saturated heterocycles. The Kier molecular flexibility index (Phi) is 4.12. The third-order valence-electron chi connectivity index (χ3n) is 3.13. The van der Waals surface area contributed by atoms with Gasteiger partial charge in [-0.15, -0.1) is 0 Å². The lowest BCUT2D eigenvalue weighted by atomic mass is 9.85. The van der Waals surface area contributed by atoms with Crippen LogP contribution in [-0.2, 0) is 5.60 Å². The Balaban J connectivity index is 2.71. The fourth-order valence-electron chi connectivity index (χ4n) is 2.05. The van der Waals surface area contributed by atoms with Crippen molar-refractivity contribution in [1.29, 1.82) is 0 Å². The molecule has 0 aliphatic heterocycles. The van der Waals surface area contributed by atoms with E-state index in [0.29, 0.717) is 6.07 Å². The molecule has 0 heterocycles. The van der Waals surface area contributed by atoms with E-state index in [4.69, 9.17) is 11.6 Å². The van der Waals surface area contributed by atoms with Gasteiger partial charge in [-0.05, 0) is 17.7 Å². The Labute approximate surface area is 127 Å². The van der Waals surface area contributed by atoms with Crippen molar-refractivity contribution in [2.45, 2.75) is 11.8 Å². The highest BCUT2D eigenvalue weighted by Crippen LogP contribution is 2.45. The van der Waals surface area contributed by atoms with Crippen molar-refractivity contribution in [3.63, 3.8) is 0 Å². The number of halogens is 4. The second-order valence-electron chi connectivity index (χ2n) is 4.53. The highest BCUT2D eigenvalue weighted by molar-refractivity contribution is 6.30. The number of nitro groups is 1. The Morgan fingerprint density at radius 3 is 2.09 bits per heavy atom. The monoisotopic (exact) mass is 331 g/mol. The van der Waals surface area contributed by atoms with Crippen LogP contribution in [0, 0.1) is 10.1 Å². The van der Waals surface area contributed by atoms with Crippen molar-refractivity contribution < 1.29 is 23.2 Å². The average molecular weight is 332 g/mol. The lowest BCUT2D eigenvalue weighted by Crippen LogP contribution is -2.43. The van der Waals surface area contributed by atoms with Crippen molar-refractivity contribution >= 4 is 17.3 Å². The summed E-state index contributed by atoms with van der Waals surface area (Å²) in [6, 6.07) is 8.41. The minimum atomic E-state index is -5.09. The van der Waals surface area contributed by atoms with Crippen molar-refractivity contribution in [3.8, 4) is 0 Å². The second-order valence-corrected chi connectivity index (χ2v) is 4.96. The summed E-state index contributed by atoms with van der Waals surface area (Å²) in [4.78, 5) is 9.91. The van der Waals surface area contributed by atoms with Gasteiger partial charge in [-0.2, -0.15) is 13.2 Å². The molecule has 0 saturated carbocycles. The molecule has 1 atom stereocenters. The first-order valence-corrected chi connectivity index (χ1v) is 6.34. The summed E-state index contributed by atoms with van der Waals surface area (Å²) >= 11 is 5.68. The van der Waals surface area contributed by atoms with Crippen molar-refractivity contribution in [2.24, 2.45) is 0 Å². The third kappa shape index (κ3) is 2.77. The van der Waals surface area contributed by atoms with E-state index in [0.717, 1.165) is 30.3 Å². The number of rotatable bonds is 3. The molecule has 1 unspecified atom stereocenters. The maximum atomic E-state index is 13.5. The van der Waals surface area contributed by atoms with E-state index >= 15 is 0 Å². The number of nitro benzene ring substituents is 1. The maximum Gasteiger partial charge on any atom is 0.425 e. The molecular formula is C14H9ClF3NO3. The van der Waals surface area contributed by atoms with Gasteiger partial charge in [-0.25, -0.2) is 0 Å². The number of nitrogens with zero attached hydrogens (tertiary/aromatic N) is 1. The summed E-state index contributed by atoms with van der Waals surface area (Å²) in [5, 5.41) is 21.1. The molecule has 0 fully saturated rings. The fourth-order valence-corrected chi connectivity index (χ4v) is 2.24. The van der Waals surface area contributed by atoms with Gasteiger partial charge in [-0.1, -0.05) is 35.9 Å². The SMILES string of the molecule is O=[N+]([O-])c1cccc(C(O)(c2cccc(Cl)c2)C(F)(F)F)c1. The van der Waals surface area contributed by atoms with E-state index in [1.807, 2.05) is 0 Å². The number of hydrogen-bond donors (Lipinski definition) is 1. The molecule has 0 radical (unpaired) electrons. The molecule has 0 aliphatic carbocycles. The number of aliphatic hydroxyl groups is 1. The number of alkyl halides is 3. The molecule has 0 spiro atoms. The van der Waals surface area contributed by atoms with Crippen LogP contribution in [-0.4, -0.2) is 16.2 Å². The van der Waals surface area contributed by atoms with Gasteiger partial charge in [0.2, 0.25) is 5.60 Å². The Morgan fingerprint density at radius 2 is 1.59 bits per heavy atom. The minimum absolute atomic E-state index is 0.00519. The van der Waals surface area contributed by atoms with Crippen LogP contribution in [0.4, 0.5) is 18.9 Å². The predicted octanol–water partition coefficient (Wildman–Crippen LogP) is 4.05. The van der Waals surface area contributed by atoms with Gasteiger partial charge in [0.1, 0.15) is 0 Å². The molecule has 116 valence electrons. The van der Waals surface area contributed by atoms with Gasteiger partial charge >= 0.3 is 6.18 Å². The molecule has 8 heteroatoms. The van der Waals surface area contributed by atoms with Gasteiger partial charge in [0.25, 0.3) is 5.69 Å². The predicted molar refractivity (Wildman–Crippen MR) is 73.6 cm³/mol. The average Bonchev–Trinajstić information content (AvgIpc) is 2.45. The van der Waals surface area contributed by atoms with Crippen LogP contribution in [0.5, 0.6) is 0 Å². The van der Waals surface area contributed by atoms with Crippen LogP contribution >= 0.6 is 11.6 Å². The first-order valence-electron chi connectivity index (χ1n) is 5.96. The Morgan fingerprint density at radius 1 is 1.05 bits per heavy atom. The highest BCUT2D eigenvalue weighted by atomic mass is 35.5. The molecule has 0 aliphatic rings. The van der Waals surface area contributed by atoms with Crippen LogP contribution in [0.25, 0.3) is 0 Å². The maximum absolute atomic E-state index is 13.5. The van der Waals surface area contributed by atoms with Gasteiger partial charge < -0.3 is 5.11 Å². The second kappa shape index (κ2) is 5.58. The summed E-state index contributed by atoms with van der Waals surface area (Å²) < 4.78 is 40.4. The van der Waals surface area contributed by atoms with Gasteiger partial charge in [0.05, 0.1) is 4.92 Å². The summed E-state index contributed by atoms with van der Waals surface area (Å²) in [6.07, 6.45) is -5.09. The van der Waals surface area contributed by atoms with Crippen molar-refractivity contribution in [1.82, 2.24) is 0 Å². The molecule has 4 nitrogen and oxygen atoms in total. The van der Waals surface area contributed by atoms with Crippen LogP contribution < -0.4 is 0 Å². The summed E-state index contributed by atoms with van der Waals surface area (Å²) in [5.74, 6) is 0. The molecule has 1 N–H and O–H groups in total. The van der Waals surface area contributed by atoms with Crippen LogP contribution in [0.1, 0.15) is 11.1 Å². The molecule has 0 amide bonds. The molecule has 2 rings (SSSR count). The zero-order valence-electron chi connectivity index (χ0n) is 10.8. The lowest BCUT2D eigenvalue weighted by molar-refractivity contribution is -0.385. The molecule has 2 aromatic rings. The molecular weight excluding hydrogens is 323 g/mol. The zero-order valence-corrected chi connectivity index (χ0v) is 11.6. The van der Waals surface area contributed by atoms with E-state index in [-0.39, 0.29) is 5.02 Å². The van der Waals surface area contributed by atoms with Crippen LogP contribution in [0.3, 0.4) is 0 Å². The van der Waals surface area contributed by atoms with Crippen LogP contribution in [0.15, 0.2) is 48.5 Å². The normalized spacial score (nSPS) is 14.4. The van der Waals surface area contributed by atoms with Crippen LogP contribution in [0.2, 0.25) is 5.02 Å². The van der Waals surface area contributed by atoms with Gasteiger partial charge in [0, 0.05) is 22.7 Å². The van der Waals surface area contributed by atoms with E-state index in [1.165, 1.54) is 12.1 Å². The van der Waals surface area contributed by atoms with Crippen molar-refractivity contribution in [2.75, 3.05) is 0 Å². The van der Waals surface area contributed by atoms with Gasteiger partial charge in [0.15, 0.2) is 0 Å². The summed E-state index contributed by atoms with van der Waals surface area (Å²) in [6.45, 7) is 0. The smallest absolute Gasteiger partial charge is 0.372 e. The van der Waals surface area contributed by atoms with Gasteiger partial charge in [-0.3, -0.25) is 10.1 Å². The largest absolute Gasteiger partial charge is 0.425 e. The standard InChI is InChI=1S/C14H9ClF3NO3/c15-11-5-1-3-9(7-11)13(20,14(16,17)18)10-4-2-6-12(8-10)19(21)22/h1-8,20H. The molecule has 0 aromatic heterocycles. The number of hydrogen-bond acceptors (Lipinski definition) is 3. The topological polar surface area (TPSA) is 63.4 Å². The van der Waals surface area contributed by atoms with E-state index in [9.17, 15) is 28.4 Å². The zero-order chi connectivity index (χ0) is 16.5. The van der Waals surface area contributed by atoms with E-state index in [1.54, 1.807) is 0 Å². The van der Waals surface area contributed by atoms with E-state index in [2.05, 4.69) is 0 Å². The summed E-state index contributed by atoms with van der Waals surface area (Å²) in [7, 11) is 0. The molecule has 2 aromatic carbocycles. The first-order chi connectivity index (χ1) is 10.2. The third-order valence-corrected chi connectivity index (χ3v) is 3.36. The minimum Gasteiger partial charge on any atom is -0.372 e. The Hall–Kier alpha value is -2.12. The molecule has 0 bridgehead atoms. The number of non-ortho nitro benzene ring substituents is 1. The molecule has 22 heavy (non-hydrogen) atoms. The summed E-state index contributed by atoms with van der Waals surface area (Å²) in [5.41, 5.74) is -5.13. The fraction of sp³-hybridized carbons (Fsp3) is 0.143. The van der Waals surface area contributed by atoms with E-state index < -0.39 is 33.5 Å². The lowest BCUT2D eigenvalue weighted by Gasteiger charge is -2.31. The Bertz CT molecular complexity index is 720.